The molecule has 0 bridgehead atoms. The van der Waals surface area contributed by atoms with E-state index in [9.17, 15) is 24.2 Å². The lowest BCUT2D eigenvalue weighted by Gasteiger charge is -2.26. The number of ketones is 1. The second-order valence-electron chi connectivity index (χ2n) is 14.2. The van der Waals surface area contributed by atoms with Crippen molar-refractivity contribution in [2.45, 2.75) is 212 Å². The number of carboxylic acid groups (broad SMARTS) is 1. The Balaban J connectivity index is 4.53. The maximum atomic E-state index is 13.2. The number of hydrogen-bond acceptors (Lipinski definition) is 8. The van der Waals surface area contributed by atoms with Gasteiger partial charge in [0.05, 0.1) is 13.2 Å². The van der Waals surface area contributed by atoms with Crippen LogP contribution in [-0.4, -0.2) is 64.9 Å². The zero-order valence-corrected chi connectivity index (χ0v) is 33.5. The van der Waals surface area contributed by atoms with Gasteiger partial charge in [0.15, 0.2) is 11.9 Å². The van der Waals surface area contributed by atoms with Crippen LogP contribution in [0.15, 0.2) is 12.2 Å². The molecule has 0 aliphatic rings. The fraction of sp³-hybridized carbons (Fsp3) is 0.900. The van der Waals surface area contributed by atoms with Crippen molar-refractivity contribution in [1.82, 2.24) is 0 Å². The molecule has 0 fully saturated rings. The van der Waals surface area contributed by atoms with Crippen molar-refractivity contribution in [2.24, 2.45) is 5.73 Å². The topological polar surface area (TPSA) is 166 Å². The molecule has 0 amide bonds. The molecule has 4 atom stereocenters. The van der Waals surface area contributed by atoms with Crippen LogP contribution in [0.5, 0.6) is 0 Å². The van der Waals surface area contributed by atoms with Crippen LogP contribution in [0.25, 0.3) is 0 Å². The molecule has 0 aliphatic heterocycles. The van der Waals surface area contributed by atoms with E-state index < -0.39 is 51.0 Å². The monoisotopic (exact) mass is 748 g/mol. The average molecular weight is 748 g/mol. The summed E-state index contributed by atoms with van der Waals surface area (Å²) in [6.45, 7) is 3.38. The van der Waals surface area contributed by atoms with E-state index in [1.54, 1.807) is 0 Å². The van der Waals surface area contributed by atoms with Crippen LogP contribution in [-0.2, 0) is 27.9 Å². The van der Waals surface area contributed by atoms with E-state index in [1.165, 1.54) is 116 Å². The van der Waals surface area contributed by atoms with Crippen molar-refractivity contribution in [3.63, 3.8) is 0 Å². The minimum absolute atomic E-state index is 0.102. The highest BCUT2D eigenvalue weighted by Crippen LogP contribution is 2.45. The highest BCUT2D eigenvalue weighted by Gasteiger charge is 2.37. The number of phosphoric acid groups is 1. The smallest absolute Gasteiger partial charge is 0.473 e. The number of carbonyl (C=O) groups excluding carboxylic acids is 1. The average Bonchev–Trinajstić information content (AvgIpc) is 3.11. The Bertz CT molecular complexity index is 888. The lowest BCUT2D eigenvalue weighted by molar-refractivity contribution is -0.141. The minimum atomic E-state index is -4.87. The number of phosphoric ester groups is 1. The van der Waals surface area contributed by atoms with Crippen LogP contribution in [0, 0.1) is 0 Å². The van der Waals surface area contributed by atoms with Crippen molar-refractivity contribution in [3.05, 3.63) is 12.2 Å². The highest BCUT2D eigenvalue weighted by atomic mass is 31.2. The molecule has 11 heteroatoms. The summed E-state index contributed by atoms with van der Waals surface area (Å²) in [5, 5.41) is 19.1. The van der Waals surface area contributed by atoms with Gasteiger partial charge >= 0.3 is 13.8 Å². The zero-order valence-electron chi connectivity index (χ0n) is 32.6. The number of Topliss-reactive ketones (excluding diaryl/α,β-unsaturated/α-hetero) is 1. The Labute approximate surface area is 311 Å². The van der Waals surface area contributed by atoms with E-state index in [1.807, 2.05) is 0 Å². The summed E-state index contributed by atoms with van der Waals surface area (Å²) in [5.41, 5.74) is 5.39. The van der Waals surface area contributed by atoms with Gasteiger partial charge in [-0.25, -0.2) is 4.57 Å². The van der Waals surface area contributed by atoms with E-state index in [4.69, 9.17) is 24.6 Å². The van der Waals surface area contributed by atoms with E-state index in [2.05, 4.69) is 26.0 Å². The number of rotatable bonds is 40. The Morgan fingerprint density at radius 3 is 1.51 bits per heavy atom. The SMILES string of the molecule is CCCCCCCC/C=C\CCCCCCCCO[C@@H](CO)C(OP(=O)(O)OC[C@H](N)C(=O)O)C(=O)CCCCCCCCCCCCCCC. The van der Waals surface area contributed by atoms with Crippen molar-refractivity contribution < 1.29 is 43.0 Å². The third-order valence-electron chi connectivity index (χ3n) is 9.33. The highest BCUT2D eigenvalue weighted by molar-refractivity contribution is 7.47. The molecule has 302 valence electrons. The molecule has 2 unspecified atom stereocenters. The fourth-order valence-corrected chi connectivity index (χ4v) is 6.98. The van der Waals surface area contributed by atoms with E-state index in [0.29, 0.717) is 6.42 Å². The number of hydrogen-bond donors (Lipinski definition) is 4. The van der Waals surface area contributed by atoms with Gasteiger partial charge in [-0.15, -0.1) is 0 Å². The van der Waals surface area contributed by atoms with E-state index in [0.717, 1.165) is 51.4 Å². The van der Waals surface area contributed by atoms with E-state index in [-0.39, 0.29) is 13.0 Å². The predicted molar refractivity (Wildman–Crippen MR) is 208 cm³/mol. The van der Waals surface area contributed by atoms with Gasteiger partial charge in [-0.05, 0) is 38.5 Å². The molecular formula is C40H78NO9P. The molecule has 0 spiro atoms. The van der Waals surface area contributed by atoms with Crippen LogP contribution in [0.1, 0.15) is 194 Å². The second-order valence-corrected chi connectivity index (χ2v) is 15.6. The minimum Gasteiger partial charge on any atom is -0.480 e. The Morgan fingerprint density at radius 1 is 0.667 bits per heavy atom. The van der Waals surface area contributed by atoms with Crippen LogP contribution in [0.3, 0.4) is 0 Å². The first-order valence-electron chi connectivity index (χ1n) is 20.7. The molecule has 0 aliphatic carbocycles. The van der Waals surface area contributed by atoms with Crippen LogP contribution in [0.4, 0.5) is 0 Å². The van der Waals surface area contributed by atoms with Crippen molar-refractivity contribution in [3.8, 4) is 0 Å². The molecular weight excluding hydrogens is 669 g/mol. The number of aliphatic carboxylic acids is 1. The van der Waals surface area contributed by atoms with Crippen molar-refractivity contribution in [1.29, 1.82) is 0 Å². The maximum Gasteiger partial charge on any atom is 0.473 e. The molecule has 0 saturated carbocycles. The van der Waals surface area contributed by atoms with Crippen LogP contribution < -0.4 is 5.73 Å². The Morgan fingerprint density at radius 2 is 1.08 bits per heavy atom. The Kier molecular flexibility index (Phi) is 35.1. The third-order valence-corrected chi connectivity index (χ3v) is 10.3. The number of carboxylic acids is 1. The summed E-state index contributed by atoms with van der Waals surface area (Å²) >= 11 is 0. The van der Waals surface area contributed by atoms with Gasteiger partial charge in [0.2, 0.25) is 0 Å². The van der Waals surface area contributed by atoms with Crippen LogP contribution in [0.2, 0.25) is 0 Å². The van der Waals surface area contributed by atoms with Gasteiger partial charge in [0.1, 0.15) is 12.1 Å². The molecule has 0 aromatic rings. The first-order valence-corrected chi connectivity index (χ1v) is 22.2. The number of unbranched alkanes of at least 4 members (excludes halogenated alkanes) is 24. The van der Waals surface area contributed by atoms with Gasteiger partial charge in [-0.1, -0.05) is 161 Å². The lowest BCUT2D eigenvalue weighted by Crippen LogP contribution is -2.41. The quantitative estimate of drug-likeness (QED) is 0.0269. The van der Waals surface area contributed by atoms with Crippen LogP contribution >= 0.6 is 7.82 Å². The predicted octanol–water partition coefficient (Wildman–Crippen LogP) is 10.4. The lowest BCUT2D eigenvalue weighted by atomic mass is 10.0. The van der Waals surface area contributed by atoms with Gasteiger partial charge in [-0.2, -0.15) is 0 Å². The summed E-state index contributed by atoms with van der Waals surface area (Å²) in [4.78, 5) is 34.5. The molecule has 51 heavy (non-hydrogen) atoms. The Hall–Kier alpha value is -1.13. The van der Waals surface area contributed by atoms with Crippen molar-refractivity contribution >= 4 is 19.6 Å². The largest absolute Gasteiger partial charge is 0.480 e. The summed E-state index contributed by atoms with van der Waals surface area (Å²) in [5.74, 6) is -1.87. The summed E-state index contributed by atoms with van der Waals surface area (Å²) in [6, 6.07) is -1.54. The molecule has 0 saturated heterocycles. The molecule has 5 N–H and O–H groups in total. The summed E-state index contributed by atoms with van der Waals surface area (Å²) in [7, 11) is -4.87. The number of carbonyl (C=O) groups is 2. The first-order chi connectivity index (χ1) is 24.7. The third kappa shape index (κ3) is 32.1. The molecule has 0 radical (unpaired) electrons. The molecule has 10 nitrogen and oxygen atoms in total. The zero-order chi connectivity index (χ0) is 37.8. The molecule has 0 heterocycles. The number of ether oxygens (including phenoxy) is 1. The molecule has 0 aromatic heterocycles. The van der Waals surface area contributed by atoms with Gasteiger partial charge in [-0.3, -0.25) is 18.6 Å². The standard InChI is InChI=1S/C40H78NO9P/c1-3-5-7-9-11-13-15-17-18-19-21-23-25-27-29-31-33-48-38(34-42)39(50-51(46,47)49-35-36(41)40(44)45)37(43)32-30-28-26-24-22-20-16-14-12-10-8-6-4-2/h17-18,36,38-39,42H,3-16,19-35,41H2,1-2H3,(H,44,45)(H,46,47)/b18-17-/t36-,38-,39?/m0/s1. The summed E-state index contributed by atoms with van der Waals surface area (Å²) in [6.07, 6.45) is 33.6. The fourth-order valence-electron chi connectivity index (χ4n) is 6.03. The number of nitrogens with two attached hydrogens (primary N) is 1. The normalized spacial score (nSPS) is 14.8. The van der Waals surface area contributed by atoms with Gasteiger partial charge < -0.3 is 25.6 Å². The van der Waals surface area contributed by atoms with E-state index >= 15 is 0 Å². The second kappa shape index (κ2) is 35.9. The summed E-state index contributed by atoms with van der Waals surface area (Å²) < 4.78 is 28.5. The van der Waals surface area contributed by atoms with Crippen molar-refractivity contribution in [2.75, 3.05) is 19.8 Å². The van der Waals surface area contributed by atoms with Gasteiger partial charge in [0.25, 0.3) is 0 Å². The number of allylic oxidation sites excluding steroid dienone is 2. The number of aliphatic hydroxyl groups is 1. The maximum absolute atomic E-state index is 13.2. The van der Waals surface area contributed by atoms with Gasteiger partial charge in [0, 0.05) is 13.0 Å². The molecule has 0 aromatic carbocycles. The number of aliphatic hydroxyl groups excluding tert-OH is 1. The molecule has 0 rings (SSSR count). The first kappa shape index (κ1) is 49.9.